The molecule has 0 saturated heterocycles. The van der Waals surface area contributed by atoms with Gasteiger partial charge in [0.1, 0.15) is 11.4 Å². The van der Waals surface area contributed by atoms with Gasteiger partial charge in [-0.3, -0.25) is 9.52 Å². The maximum Gasteiger partial charge on any atom is 0.416 e. The highest BCUT2D eigenvalue weighted by Crippen LogP contribution is 2.40. The summed E-state index contributed by atoms with van der Waals surface area (Å²) in [7, 11) is -2.98. The SMILES string of the molecule is COc1ccc(C(F)(F)F)cc1NS(=O)(=O)c1ccc(CNC(=O)c2cc3c([nH]2)C2(CCCCCCCCC2)CNC3)cc1. The first-order valence-corrected chi connectivity index (χ1v) is 16.6. The summed E-state index contributed by atoms with van der Waals surface area (Å²) in [6.45, 7) is 1.80. The average molecular weight is 633 g/mol. The Bertz CT molecular complexity index is 1560. The Morgan fingerprint density at radius 1 is 0.955 bits per heavy atom. The molecule has 2 heterocycles. The average Bonchev–Trinajstić information content (AvgIpc) is 3.45. The number of aromatic nitrogens is 1. The summed E-state index contributed by atoms with van der Waals surface area (Å²) in [5, 5.41) is 6.49. The zero-order chi connectivity index (χ0) is 31.4. The molecule has 1 aromatic heterocycles. The first-order chi connectivity index (χ1) is 21.0. The molecule has 3 aromatic rings. The van der Waals surface area contributed by atoms with Crippen molar-refractivity contribution in [1.82, 2.24) is 15.6 Å². The van der Waals surface area contributed by atoms with Gasteiger partial charge in [0, 0.05) is 30.7 Å². The van der Waals surface area contributed by atoms with Crippen molar-refractivity contribution in [3.63, 3.8) is 0 Å². The minimum absolute atomic E-state index is 0.0108. The summed E-state index contributed by atoms with van der Waals surface area (Å²) in [5.74, 6) is -0.293. The number of rotatable bonds is 7. The lowest BCUT2D eigenvalue weighted by molar-refractivity contribution is -0.137. The number of carbonyl (C=O) groups excluding carboxylic acids is 1. The van der Waals surface area contributed by atoms with Crippen LogP contribution in [-0.4, -0.2) is 33.0 Å². The molecule has 4 N–H and O–H groups in total. The second kappa shape index (κ2) is 13.2. The first-order valence-electron chi connectivity index (χ1n) is 15.1. The molecular formula is C32H39F3N4O4S. The fraction of sp³-hybridized carbons (Fsp3) is 0.469. The van der Waals surface area contributed by atoms with E-state index >= 15 is 0 Å². The lowest BCUT2D eigenvalue weighted by Gasteiger charge is -2.38. The molecule has 44 heavy (non-hydrogen) atoms. The monoisotopic (exact) mass is 632 g/mol. The molecule has 12 heteroatoms. The van der Waals surface area contributed by atoms with E-state index in [0.29, 0.717) is 17.3 Å². The smallest absolute Gasteiger partial charge is 0.416 e. The van der Waals surface area contributed by atoms with Crippen molar-refractivity contribution in [2.24, 2.45) is 0 Å². The highest BCUT2D eigenvalue weighted by Gasteiger charge is 2.38. The van der Waals surface area contributed by atoms with E-state index in [1.54, 1.807) is 12.1 Å². The molecule has 1 fully saturated rings. The second-order valence-electron chi connectivity index (χ2n) is 11.8. The van der Waals surface area contributed by atoms with Crippen LogP contribution in [0.5, 0.6) is 5.75 Å². The van der Waals surface area contributed by atoms with E-state index in [2.05, 4.69) is 20.3 Å². The van der Waals surface area contributed by atoms with Gasteiger partial charge < -0.3 is 20.4 Å². The molecular weight excluding hydrogens is 593 g/mol. The summed E-state index contributed by atoms with van der Waals surface area (Å²) >= 11 is 0. The Hall–Kier alpha value is -3.51. The summed E-state index contributed by atoms with van der Waals surface area (Å²) in [4.78, 5) is 16.5. The zero-order valence-electron chi connectivity index (χ0n) is 24.8. The standard InChI is InChI=1S/C32H39F3N4O4S/c1-43-28-14-11-24(32(33,34)35)18-26(28)39-44(41,42)25-12-9-22(10-13-25)19-37-30(40)27-17-23-20-36-21-31(29(23)38-27)15-7-5-3-2-4-6-8-16-31/h9-14,17-18,36,38-39H,2-8,15-16,19-21H2,1H3,(H,37,40). The fourth-order valence-electron chi connectivity index (χ4n) is 6.35. The van der Waals surface area contributed by atoms with Gasteiger partial charge in [0.25, 0.3) is 15.9 Å². The number of benzene rings is 2. The van der Waals surface area contributed by atoms with Crippen LogP contribution in [-0.2, 0) is 34.7 Å². The molecule has 1 amide bonds. The number of H-pyrrole nitrogens is 1. The molecule has 238 valence electrons. The van der Waals surface area contributed by atoms with Crippen LogP contribution in [0.15, 0.2) is 53.4 Å². The van der Waals surface area contributed by atoms with Crippen LogP contribution >= 0.6 is 0 Å². The molecule has 2 aromatic carbocycles. The first kappa shape index (κ1) is 31.9. The number of fused-ring (bicyclic) bond motifs is 2. The third-order valence-corrected chi connectivity index (χ3v) is 10.1. The van der Waals surface area contributed by atoms with Gasteiger partial charge in [-0.05, 0) is 60.4 Å². The summed E-state index contributed by atoms with van der Waals surface area (Å²) in [5.41, 5.74) is 2.17. The lowest BCUT2D eigenvalue weighted by Crippen LogP contribution is -2.43. The molecule has 0 bridgehead atoms. The number of methoxy groups -OCH3 is 1. The van der Waals surface area contributed by atoms with Crippen LogP contribution in [0.2, 0.25) is 0 Å². The Morgan fingerprint density at radius 2 is 1.61 bits per heavy atom. The highest BCUT2D eigenvalue weighted by atomic mass is 32.2. The molecule has 5 rings (SSSR count). The molecule has 1 spiro atoms. The number of nitrogens with one attached hydrogen (secondary N) is 4. The zero-order valence-corrected chi connectivity index (χ0v) is 25.6. The molecule has 1 aliphatic carbocycles. The maximum absolute atomic E-state index is 13.2. The minimum atomic E-state index is -4.65. The topological polar surface area (TPSA) is 112 Å². The van der Waals surface area contributed by atoms with Gasteiger partial charge in [-0.25, -0.2) is 8.42 Å². The fourth-order valence-corrected chi connectivity index (χ4v) is 7.41. The minimum Gasteiger partial charge on any atom is -0.495 e. The summed E-state index contributed by atoms with van der Waals surface area (Å²) in [6, 6.07) is 10.3. The summed E-state index contributed by atoms with van der Waals surface area (Å²) < 4.78 is 72.7. The van der Waals surface area contributed by atoms with Crippen LogP contribution in [0.4, 0.5) is 18.9 Å². The molecule has 8 nitrogen and oxygen atoms in total. The predicted molar refractivity (Wildman–Crippen MR) is 162 cm³/mol. The molecule has 1 saturated carbocycles. The normalized spacial score (nSPS) is 17.5. The quantitative estimate of drug-likeness (QED) is 0.233. The largest absolute Gasteiger partial charge is 0.495 e. The maximum atomic E-state index is 13.2. The van der Waals surface area contributed by atoms with Crippen LogP contribution < -0.4 is 20.1 Å². The van der Waals surface area contributed by atoms with E-state index in [-0.39, 0.29) is 34.2 Å². The number of anilines is 1. The van der Waals surface area contributed by atoms with Crippen LogP contribution in [0.25, 0.3) is 0 Å². The van der Waals surface area contributed by atoms with Gasteiger partial charge in [-0.15, -0.1) is 0 Å². The van der Waals surface area contributed by atoms with E-state index in [9.17, 15) is 26.4 Å². The predicted octanol–water partition coefficient (Wildman–Crippen LogP) is 6.64. The van der Waals surface area contributed by atoms with E-state index in [1.165, 1.54) is 69.9 Å². The van der Waals surface area contributed by atoms with E-state index < -0.39 is 21.8 Å². The third kappa shape index (κ3) is 7.23. The number of ether oxygens (including phenoxy) is 1. The van der Waals surface area contributed by atoms with Gasteiger partial charge in [0.15, 0.2) is 0 Å². The Labute approximate surface area is 256 Å². The molecule has 0 unspecified atom stereocenters. The van der Waals surface area contributed by atoms with Crippen molar-refractivity contribution in [1.29, 1.82) is 0 Å². The van der Waals surface area contributed by atoms with Crippen LogP contribution in [0.1, 0.15) is 90.7 Å². The number of hydrogen-bond acceptors (Lipinski definition) is 5. The molecule has 0 atom stereocenters. The summed E-state index contributed by atoms with van der Waals surface area (Å²) in [6.07, 6.45) is 6.25. The Morgan fingerprint density at radius 3 is 2.25 bits per heavy atom. The number of aromatic amines is 1. The van der Waals surface area contributed by atoms with Gasteiger partial charge in [0.05, 0.1) is 23.3 Å². The lowest BCUT2D eigenvalue weighted by atomic mass is 9.72. The van der Waals surface area contributed by atoms with Crippen molar-refractivity contribution in [2.45, 2.75) is 87.4 Å². The number of halogens is 3. The van der Waals surface area contributed by atoms with E-state index in [0.717, 1.165) is 43.6 Å². The van der Waals surface area contributed by atoms with E-state index in [1.807, 2.05) is 6.07 Å². The third-order valence-electron chi connectivity index (χ3n) is 8.72. The van der Waals surface area contributed by atoms with Crippen molar-refractivity contribution < 1.29 is 31.1 Å². The van der Waals surface area contributed by atoms with Crippen LogP contribution in [0.3, 0.4) is 0 Å². The van der Waals surface area contributed by atoms with Gasteiger partial charge >= 0.3 is 6.18 Å². The van der Waals surface area contributed by atoms with Crippen LogP contribution in [0, 0.1) is 0 Å². The molecule has 2 aliphatic rings. The van der Waals surface area contributed by atoms with E-state index in [4.69, 9.17) is 4.74 Å². The van der Waals surface area contributed by atoms with Crippen molar-refractivity contribution >= 4 is 21.6 Å². The molecule has 0 radical (unpaired) electrons. The second-order valence-corrected chi connectivity index (χ2v) is 13.5. The Kier molecular flexibility index (Phi) is 9.59. The van der Waals surface area contributed by atoms with Gasteiger partial charge in [-0.1, -0.05) is 57.1 Å². The number of sulfonamides is 1. The van der Waals surface area contributed by atoms with Crippen molar-refractivity contribution in [3.05, 3.63) is 76.6 Å². The van der Waals surface area contributed by atoms with Crippen molar-refractivity contribution in [3.8, 4) is 5.75 Å². The number of carbonyl (C=O) groups is 1. The molecule has 1 aliphatic heterocycles. The van der Waals surface area contributed by atoms with Gasteiger partial charge in [0.2, 0.25) is 0 Å². The van der Waals surface area contributed by atoms with Gasteiger partial charge in [-0.2, -0.15) is 13.2 Å². The number of alkyl halides is 3. The highest BCUT2D eigenvalue weighted by molar-refractivity contribution is 7.92. The van der Waals surface area contributed by atoms with Crippen molar-refractivity contribution in [2.75, 3.05) is 18.4 Å². The number of hydrogen-bond donors (Lipinski definition) is 4. The Balaban J connectivity index is 1.25. The number of amides is 1.